The SMILES string of the molecule is Cc1ccc(NC(=O)C2(c3ccc4c(c3)OCOC4)CC2)nc1-c1ccc(=O)[nH]c1. The normalized spacial score (nSPS) is 16.3. The molecule has 0 saturated heterocycles. The number of benzene rings is 1. The molecule has 1 fully saturated rings. The second-order valence-electron chi connectivity index (χ2n) is 7.77. The van der Waals surface area contributed by atoms with Crippen LogP contribution in [0.2, 0.25) is 0 Å². The van der Waals surface area contributed by atoms with Crippen LogP contribution >= 0.6 is 0 Å². The lowest BCUT2D eigenvalue weighted by atomic mass is 9.93. The number of aryl methyl sites for hydroxylation is 1. The lowest BCUT2D eigenvalue weighted by molar-refractivity contribution is -0.118. The van der Waals surface area contributed by atoms with Gasteiger partial charge in [-0.05, 0) is 49.1 Å². The van der Waals surface area contributed by atoms with Crippen molar-refractivity contribution < 1.29 is 14.3 Å². The molecule has 5 rings (SSSR count). The second-order valence-corrected chi connectivity index (χ2v) is 7.77. The fraction of sp³-hybridized carbons (Fsp3) is 0.261. The van der Waals surface area contributed by atoms with Crippen LogP contribution in [0.3, 0.4) is 0 Å². The van der Waals surface area contributed by atoms with E-state index in [0.29, 0.717) is 12.4 Å². The number of aromatic nitrogens is 2. The second kappa shape index (κ2) is 7.11. The largest absolute Gasteiger partial charge is 0.467 e. The summed E-state index contributed by atoms with van der Waals surface area (Å²) in [6.07, 6.45) is 3.20. The Balaban J connectivity index is 1.41. The smallest absolute Gasteiger partial charge is 0.247 e. The molecule has 0 radical (unpaired) electrons. The van der Waals surface area contributed by atoms with Crippen LogP contribution in [0.15, 0.2) is 53.5 Å². The van der Waals surface area contributed by atoms with Crippen LogP contribution in [0.1, 0.15) is 29.5 Å². The number of hydrogen-bond donors (Lipinski definition) is 2. The number of H-pyrrole nitrogens is 1. The number of rotatable bonds is 4. The van der Waals surface area contributed by atoms with Crippen molar-refractivity contribution in [3.8, 4) is 17.0 Å². The zero-order valence-electron chi connectivity index (χ0n) is 16.5. The molecule has 1 amide bonds. The molecule has 7 heteroatoms. The maximum Gasteiger partial charge on any atom is 0.247 e. The van der Waals surface area contributed by atoms with Crippen LogP contribution in [0, 0.1) is 6.92 Å². The number of carbonyl (C=O) groups excluding carboxylic acids is 1. The predicted molar refractivity (Wildman–Crippen MR) is 111 cm³/mol. The highest BCUT2D eigenvalue weighted by Gasteiger charge is 2.51. The Morgan fingerprint density at radius 3 is 2.80 bits per heavy atom. The number of anilines is 1. The van der Waals surface area contributed by atoms with Gasteiger partial charge in [0.15, 0.2) is 6.79 Å². The van der Waals surface area contributed by atoms with Crippen molar-refractivity contribution in [1.82, 2.24) is 9.97 Å². The molecular formula is C23H21N3O4. The molecule has 30 heavy (non-hydrogen) atoms. The highest BCUT2D eigenvalue weighted by atomic mass is 16.7. The number of pyridine rings is 2. The van der Waals surface area contributed by atoms with Gasteiger partial charge in [-0.15, -0.1) is 0 Å². The minimum atomic E-state index is -0.554. The van der Waals surface area contributed by atoms with E-state index in [1.165, 1.54) is 6.07 Å². The molecule has 1 saturated carbocycles. The van der Waals surface area contributed by atoms with Gasteiger partial charge < -0.3 is 19.8 Å². The van der Waals surface area contributed by atoms with Gasteiger partial charge in [0.2, 0.25) is 11.5 Å². The number of hydrogen-bond acceptors (Lipinski definition) is 5. The number of amides is 1. The summed E-state index contributed by atoms with van der Waals surface area (Å²) in [7, 11) is 0. The molecule has 152 valence electrons. The number of fused-ring (bicyclic) bond motifs is 1. The average Bonchev–Trinajstić information content (AvgIpc) is 3.58. The molecule has 1 aliphatic heterocycles. The van der Waals surface area contributed by atoms with E-state index in [0.717, 1.165) is 46.5 Å². The molecule has 0 spiro atoms. The van der Waals surface area contributed by atoms with Crippen molar-refractivity contribution in [3.63, 3.8) is 0 Å². The van der Waals surface area contributed by atoms with Gasteiger partial charge in [-0.1, -0.05) is 18.2 Å². The van der Waals surface area contributed by atoms with Crippen LogP contribution in [-0.4, -0.2) is 22.7 Å². The van der Waals surface area contributed by atoms with Gasteiger partial charge >= 0.3 is 0 Å². The van der Waals surface area contributed by atoms with Crippen molar-refractivity contribution in [1.29, 1.82) is 0 Å². The van der Waals surface area contributed by atoms with Crippen LogP contribution < -0.4 is 15.6 Å². The zero-order chi connectivity index (χ0) is 20.7. The van der Waals surface area contributed by atoms with Crippen LogP contribution in [0.4, 0.5) is 5.82 Å². The van der Waals surface area contributed by atoms with E-state index in [9.17, 15) is 9.59 Å². The van der Waals surface area contributed by atoms with Gasteiger partial charge in [0.25, 0.3) is 0 Å². The van der Waals surface area contributed by atoms with Crippen LogP contribution in [0.5, 0.6) is 5.75 Å². The molecule has 1 aromatic carbocycles. The zero-order valence-corrected chi connectivity index (χ0v) is 16.5. The first-order valence-corrected chi connectivity index (χ1v) is 9.87. The van der Waals surface area contributed by atoms with E-state index in [1.807, 2.05) is 31.2 Å². The van der Waals surface area contributed by atoms with E-state index in [-0.39, 0.29) is 18.3 Å². The predicted octanol–water partition coefficient (Wildman–Crippen LogP) is 3.28. The fourth-order valence-corrected chi connectivity index (χ4v) is 3.82. The summed E-state index contributed by atoms with van der Waals surface area (Å²) in [5, 5.41) is 2.98. The summed E-state index contributed by atoms with van der Waals surface area (Å²) in [4.78, 5) is 31.8. The molecule has 2 aliphatic rings. The van der Waals surface area contributed by atoms with E-state index in [2.05, 4.69) is 15.3 Å². The summed E-state index contributed by atoms with van der Waals surface area (Å²) < 4.78 is 10.9. The third-order valence-corrected chi connectivity index (χ3v) is 5.76. The van der Waals surface area contributed by atoms with Gasteiger partial charge in [-0.25, -0.2) is 4.98 Å². The molecule has 3 aromatic rings. The van der Waals surface area contributed by atoms with Gasteiger partial charge in [-0.3, -0.25) is 9.59 Å². The summed E-state index contributed by atoms with van der Waals surface area (Å²) in [6, 6.07) is 12.8. The van der Waals surface area contributed by atoms with E-state index in [1.54, 1.807) is 18.3 Å². The molecule has 0 unspecified atom stereocenters. The van der Waals surface area contributed by atoms with E-state index >= 15 is 0 Å². The van der Waals surface area contributed by atoms with Crippen LogP contribution in [0.25, 0.3) is 11.3 Å². The Bertz CT molecular complexity index is 1180. The summed E-state index contributed by atoms with van der Waals surface area (Å²) >= 11 is 0. The molecule has 1 aliphatic carbocycles. The Hall–Kier alpha value is -3.45. The first kappa shape index (κ1) is 18.6. The molecule has 2 aromatic heterocycles. The third-order valence-electron chi connectivity index (χ3n) is 5.76. The lowest BCUT2D eigenvalue weighted by Crippen LogP contribution is -2.28. The maximum atomic E-state index is 13.2. The first-order valence-electron chi connectivity index (χ1n) is 9.87. The standard InChI is InChI=1S/C23H21N3O4/c1-14-2-6-19(25-21(14)15-4-7-20(27)24-11-15)26-22(28)23(8-9-23)17-5-3-16-12-29-13-30-18(16)10-17/h2-7,10-11H,8-9,12-13H2,1H3,(H,24,27)(H,25,26,28). The van der Waals surface area contributed by atoms with Crippen LogP contribution in [-0.2, 0) is 21.6 Å². The number of carbonyl (C=O) groups is 1. The Morgan fingerprint density at radius 1 is 1.17 bits per heavy atom. The molecule has 0 bridgehead atoms. The van der Waals surface area contributed by atoms with Crippen molar-refractivity contribution in [2.24, 2.45) is 0 Å². The van der Waals surface area contributed by atoms with Gasteiger partial charge in [0.1, 0.15) is 11.6 Å². The number of ether oxygens (including phenoxy) is 2. The van der Waals surface area contributed by atoms with Gasteiger partial charge in [0, 0.05) is 23.4 Å². The highest BCUT2D eigenvalue weighted by Crippen LogP contribution is 2.50. The topological polar surface area (TPSA) is 93.3 Å². The van der Waals surface area contributed by atoms with Crippen molar-refractivity contribution in [2.75, 3.05) is 12.1 Å². The molecule has 7 nitrogen and oxygen atoms in total. The Labute approximate surface area is 173 Å². The third kappa shape index (κ3) is 3.27. The first-order chi connectivity index (χ1) is 14.5. The molecular weight excluding hydrogens is 382 g/mol. The van der Waals surface area contributed by atoms with Crippen molar-refractivity contribution >= 4 is 11.7 Å². The maximum absolute atomic E-state index is 13.2. The van der Waals surface area contributed by atoms with E-state index < -0.39 is 5.41 Å². The van der Waals surface area contributed by atoms with Crippen molar-refractivity contribution in [2.45, 2.75) is 31.8 Å². The quantitative estimate of drug-likeness (QED) is 0.697. The summed E-state index contributed by atoms with van der Waals surface area (Å²) in [5.74, 6) is 1.20. The fourth-order valence-electron chi connectivity index (χ4n) is 3.82. The van der Waals surface area contributed by atoms with Crippen molar-refractivity contribution in [3.05, 3.63) is 75.7 Å². The monoisotopic (exact) mass is 403 g/mol. The average molecular weight is 403 g/mol. The lowest BCUT2D eigenvalue weighted by Gasteiger charge is -2.21. The summed E-state index contributed by atoms with van der Waals surface area (Å²) in [6.45, 7) is 2.70. The molecule has 2 N–H and O–H groups in total. The molecule has 3 heterocycles. The van der Waals surface area contributed by atoms with E-state index in [4.69, 9.17) is 9.47 Å². The summed E-state index contributed by atoms with van der Waals surface area (Å²) in [5.41, 5.74) is 3.68. The Kier molecular flexibility index (Phi) is 4.40. The minimum Gasteiger partial charge on any atom is -0.467 e. The van der Waals surface area contributed by atoms with Gasteiger partial charge in [-0.2, -0.15) is 0 Å². The number of nitrogens with one attached hydrogen (secondary N) is 2. The number of aromatic amines is 1. The minimum absolute atomic E-state index is 0.0710. The highest BCUT2D eigenvalue weighted by molar-refractivity contribution is 6.01. The van der Waals surface area contributed by atoms with Gasteiger partial charge in [0.05, 0.1) is 17.7 Å². The Morgan fingerprint density at radius 2 is 2.03 bits per heavy atom. The molecule has 0 atom stereocenters. The number of nitrogens with zero attached hydrogens (tertiary/aromatic N) is 1.